The van der Waals surface area contributed by atoms with E-state index in [1.165, 1.54) is 7.11 Å². The molecule has 8 heteroatoms. The van der Waals surface area contributed by atoms with Gasteiger partial charge in [-0.25, -0.2) is 4.39 Å². The lowest BCUT2D eigenvalue weighted by Crippen LogP contribution is -2.48. The van der Waals surface area contributed by atoms with Crippen molar-refractivity contribution in [3.8, 4) is 0 Å². The van der Waals surface area contributed by atoms with E-state index in [9.17, 15) is 4.79 Å². The van der Waals surface area contributed by atoms with E-state index in [1.807, 2.05) is 43.5 Å². The highest BCUT2D eigenvalue weighted by Gasteiger charge is 2.52. The van der Waals surface area contributed by atoms with Crippen molar-refractivity contribution in [3.63, 3.8) is 0 Å². The number of carbonyl (C=O) groups excluding carboxylic acids is 1. The van der Waals surface area contributed by atoms with Crippen molar-refractivity contribution in [2.45, 2.75) is 52.1 Å². The Bertz CT molecular complexity index is 1010. The molecule has 0 saturated carbocycles. The molecule has 3 aliphatic heterocycles. The fourth-order valence-corrected chi connectivity index (χ4v) is 5.26. The fourth-order valence-electron chi connectivity index (χ4n) is 5.26. The highest BCUT2D eigenvalue weighted by Crippen LogP contribution is 2.55. The number of halogens is 1. The lowest BCUT2D eigenvalue weighted by molar-refractivity contribution is 0.0952. The lowest BCUT2D eigenvalue weighted by Gasteiger charge is -2.49. The van der Waals surface area contributed by atoms with Crippen LogP contribution in [0.3, 0.4) is 0 Å². The first-order valence-corrected chi connectivity index (χ1v) is 11.6. The van der Waals surface area contributed by atoms with Gasteiger partial charge in [-0.05, 0) is 18.9 Å². The molecule has 4 heterocycles. The Morgan fingerprint density at radius 2 is 1.91 bits per heavy atom. The quantitative estimate of drug-likeness (QED) is 0.659. The predicted octanol–water partition coefficient (Wildman–Crippen LogP) is 4.15. The Balaban J connectivity index is 0.000000569. The van der Waals surface area contributed by atoms with E-state index < -0.39 is 11.5 Å². The first kappa shape index (κ1) is 24.9. The molecular weight excluding hydrogens is 423 g/mol. The number of carbonyl (C=O) groups is 1. The maximum atomic E-state index is 15.2. The van der Waals surface area contributed by atoms with E-state index in [-0.39, 0.29) is 17.7 Å². The molecule has 0 bridgehead atoms. The zero-order valence-electron chi connectivity index (χ0n) is 21.0. The van der Waals surface area contributed by atoms with E-state index in [0.29, 0.717) is 18.0 Å². The molecule has 5 rings (SSSR count). The van der Waals surface area contributed by atoms with E-state index in [1.54, 1.807) is 14.2 Å². The number of hydrogen-bond donors (Lipinski definition) is 2. The minimum absolute atomic E-state index is 0.0907. The third kappa shape index (κ3) is 3.74. The number of aryl methyl sites for hydroxylation is 1. The van der Waals surface area contributed by atoms with Crippen LogP contribution in [0.5, 0.6) is 0 Å². The van der Waals surface area contributed by atoms with Gasteiger partial charge in [0.1, 0.15) is 17.6 Å². The summed E-state index contributed by atoms with van der Waals surface area (Å²) in [5.74, 6) is -0.433. The first-order chi connectivity index (χ1) is 15.8. The lowest BCUT2D eigenvalue weighted by atomic mass is 9.65. The summed E-state index contributed by atoms with van der Waals surface area (Å²) < 4.78 is 27.0. The first-order valence-electron chi connectivity index (χ1n) is 11.6. The number of hydrogen-bond acceptors (Lipinski definition) is 5. The number of anilines is 1. The van der Waals surface area contributed by atoms with Gasteiger partial charge in [-0.15, -0.1) is 0 Å². The van der Waals surface area contributed by atoms with Crippen molar-refractivity contribution in [3.05, 3.63) is 52.6 Å². The second kappa shape index (κ2) is 9.63. The van der Waals surface area contributed by atoms with Gasteiger partial charge in [0.05, 0.1) is 18.7 Å². The van der Waals surface area contributed by atoms with Crippen molar-refractivity contribution in [1.82, 2.24) is 14.8 Å². The summed E-state index contributed by atoms with van der Waals surface area (Å²) in [5.41, 5.74) is 4.06. The Kier molecular flexibility index (Phi) is 7.26. The zero-order valence-corrected chi connectivity index (χ0v) is 21.0. The predicted molar refractivity (Wildman–Crippen MR) is 129 cm³/mol. The molecule has 1 aromatic heterocycles. The summed E-state index contributed by atoms with van der Waals surface area (Å²) in [6.07, 6.45) is 7.13. The second-order valence-electron chi connectivity index (χ2n) is 8.62. The van der Waals surface area contributed by atoms with Crippen LogP contribution in [0.4, 0.5) is 10.1 Å². The number of amides is 1. The second-order valence-corrected chi connectivity index (χ2v) is 8.62. The Labute approximate surface area is 196 Å². The number of nitrogens with one attached hydrogen (secondary N) is 2. The normalized spacial score (nSPS) is 26.9. The van der Waals surface area contributed by atoms with Crippen LogP contribution < -0.4 is 10.6 Å². The van der Waals surface area contributed by atoms with Crippen LogP contribution >= 0.6 is 0 Å². The van der Waals surface area contributed by atoms with Crippen LogP contribution in [0.2, 0.25) is 0 Å². The van der Waals surface area contributed by atoms with Gasteiger partial charge in [-0.2, -0.15) is 0 Å². The number of ether oxygens (including phenoxy) is 2. The molecule has 3 unspecified atom stereocenters. The highest BCUT2D eigenvalue weighted by atomic mass is 19.1. The Hall–Kier alpha value is -2.74. The molecule has 0 saturated heterocycles. The number of fused-ring (bicyclic) bond motifs is 4. The molecule has 7 nitrogen and oxygen atoms in total. The molecule has 0 spiro atoms. The van der Waals surface area contributed by atoms with Gasteiger partial charge < -0.3 is 29.6 Å². The molecule has 1 amide bonds. The van der Waals surface area contributed by atoms with Gasteiger partial charge in [0.15, 0.2) is 5.76 Å². The summed E-state index contributed by atoms with van der Waals surface area (Å²) in [6.45, 7) is 9.46. The number of rotatable bonds is 1. The molecule has 1 aliphatic carbocycles. The highest BCUT2D eigenvalue weighted by molar-refractivity contribution is 6.00. The fraction of sp³-hybridized carbons (Fsp3) is 0.560. The minimum atomic E-state index is -0.441. The van der Waals surface area contributed by atoms with Gasteiger partial charge in [0.25, 0.3) is 5.91 Å². The van der Waals surface area contributed by atoms with E-state index in [2.05, 4.69) is 34.6 Å². The summed E-state index contributed by atoms with van der Waals surface area (Å²) in [7, 11) is 6.71. The topological polar surface area (TPSA) is 67.8 Å². The molecule has 4 aliphatic rings. The van der Waals surface area contributed by atoms with Gasteiger partial charge in [-0.3, -0.25) is 4.79 Å². The maximum Gasteiger partial charge on any atom is 0.270 e. The summed E-state index contributed by atoms with van der Waals surface area (Å²) in [4.78, 5) is 14.8. The van der Waals surface area contributed by atoms with Crippen LogP contribution in [-0.4, -0.2) is 56.3 Å². The molecule has 3 atom stereocenters. The summed E-state index contributed by atoms with van der Waals surface area (Å²) >= 11 is 0. The van der Waals surface area contributed by atoms with Crippen molar-refractivity contribution in [2.75, 3.05) is 40.2 Å². The summed E-state index contributed by atoms with van der Waals surface area (Å²) in [6, 6.07) is -0.441. The van der Waals surface area contributed by atoms with Crippen LogP contribution in [0.1, 0.15) is 50.2 Å². The van der Waals surface area contributed by atoms with Crippen molar-refractivity contribution in [2.24, 2.45) is 5.92 Å². The van der Waals surface area contributed by atoms with Crippen LogP contribution in [0, 0.1) is 5.92 Å². The smallest absolute Gasteiger partial charge is 0.270 e. The molecule has 1 aromatic rings. The van der Waals surface area contributed by atoms with Crippen LogP contribution in [0.15, 0.2) is 41.3 Å². The molecule has 0 radical (unpaired) electrons. The number of nitrogens with zero attached hydrogens (tertiary/aromatic N) is 2. The molecule has 182 valence electrons. The van der Waals surface area contributed by atoms with Crippen LogP contribution in [-0.2, 0) is 21.4 Å². The van der Waals surface area contributed by atoms with Crippen molar-refractivity contribution >= 4 is 11.6 Å². The standard InChI is InChI=1S/C21H25FN4O2.C2H6O.C2H6/c1-11-14(22)19(28-4)16-13-17(11)25(3)9-6-21(13,2)12-10-26-8-5-7-23-20(27)18(26)15(12)24-16;1-3-2;1-2/h6,9-11,16,24H,5,7-8H2,1-4H3,(H,23,27);1-2H3;1-2H3. The van der Waals surface area contributed by atoms with E-state index in [4.69, 9.17) is 4.74 Å². The van der Waals surface area contributed by atoms with E-state index in [0.717, 1.165) is 35.5 Å². The third-order valence-corrected chi connectivity index (χ3v) is 6.65. The van der Waals surface area contributed by atoms with Crippen molar-refractivity contribution in [1.29, 1.82) is 0 Å². The monoisotopic (exact) mass is 460 g/mol. The number of aromatic nitrogens is 1. The van der Waals surface area contributed by atoms with Gasteiger partial charge in [0.2, 0.25) is 0 Å². The largest absolute Gasteiger partial charge is 0.496 e. The molecule has 0 fully saturated rings. The molecule has 33 heavy (non-hydrogen) atoms. The third-order valence-electron chi connectivity index (χ3n) is 6.65. The van der Waals surface area contributed by atoms with Gasteiger partial charge in [0, 0.05) is 63.4 Å². The number of methoxy groups -OCH3 is 2. The molecule has 0 aromatic carbocycles. The Morgan fingerprint density at radius 1 is 1.24 bits per heavy atom. The number of allylic oxidation sites excluding steroid dienone is 2. The molecule has 2 N–H and O–H groups in total. The SMILES string of the molecule is CC.COC.COC1=C(F)C(C)C2=C3C1Nc1c(cn4c1C(=O)NCCC4)C3(C)C=CN2C. The zero-order chi connectivity index (χ0) is 24.5. The van der Waals surface area contributed by atoms with E-state index >= 15 is 4.39 Å². The summed E-state index contributed by atoms with van der Waals surface area (Å²) in [5, 5.41) is 6.44. The van der Waals surface area contributed by atoms with Crippen molar-refractivity contribution < 1.29 is 18.7 Å². The van der Waals surface area contributed by atoms with Gasteiger partial charge in [-0.1, -0.05) is 26.8 Å². The average Bonchev–Trinajstić information content (AvgIpc) is 3.07. The minimum Gasteiger partial charge on any atom is -0.496 e. The average molecular weight is 461 g/mol. The maximum absolute atomic E-state index is 15.2. The Morgan fingerprint density at radius 3 is 2.55 bits per heavy atom. The van der Waals surface area contributed by atoms with Crippen LogP contribution in [0.25, 0.3) is 0 Å². The molecular formula is C25H37FN4O3. The van der Waals surface area contributed by atoms with Gasteiger partial charge >= 0.3 is 0 Å².